The number of carbonyl (C=O) groups excluding carboxylic acids is 1. The molecule has 1 heterocycles. The summed E-state index contributed by atoms with van der Waals surface area (Å²) in [6.45, 7) is 8.82. The van der Waals surface area contributed by atoms with Crippen molar-refractivity contribution in [2.75, 3.05) is 20.8 Å². The second-order valence-electron chi connectivity index (χ2n) is 7.69. The average molecular weight is 424 g/mol. The number of hydrogen-bond donors (Lipinski definition) is 0. The maximum Gasteiger partial charge on any atom is 0.254 e. The van der Waals surface area contributed by atoms with Gasteiger partial charge in [0.25, 0.3) is 5.91 Å². The molecule has 31 heavy (non-hydrogen) atoms. The average Bonchev–Trinajstić information content (AvgIpc) is 3.22. The summed E-state index contributed by atoms with van der Waals surface area (Å²) < 4.78 is 16.3. The molecule has 0 aliphatic rings. The van der Waals surface area contributed by atoms with Gasteiger partial charge in [-0.3, -0.25) is 4.79 Å². The van der Waals surface area contributed by atoms with E-state index in [1.165, 1.54) is 0 Å². The first-order chi connectivity index (χ1) is 14.8. The molecule has 1 amide bonds. The zero-order chi connectivity index (χ0) is 22.5. The monoisotopic (exact) mass is 423 g/mol. The minimum Gasteiger partial charge on any atom is -0.496 e. The molecule has 0 N–H and O–H groups in total. The Labute approximate surface area is 183 Å². The van der Waals surface area contributed by atoms with Gasteiger partial charge in [0.2, 0.25) is 11.7 Å². The maximum atomic E-state index is 13.1. The Morgan fingerprint density at radius 2 is 1.90 bits per heavy atom. The van der Waals surface area contributed by atoms with E-state index in [9.17, 15) is 4.79 Å². The molecule has 0 saturated carbocycles. The number of rotatable bonds is 8. The quantitative estimate of drug-likeness (QED) is 0.515. The van der Waals surface area contributed by atoms with Crippen LogP contribution in [-0.2, 0) is 6.54 Å². The molecule has 3 rings (SSSR count). The Kier molecular flexibility index (Phi) is 6.95. The number of ether oxygens (including phenoxy) is 2. The highest BCUT2D eigenvalue weighted by atomic mass is 16.5. The van der Waals surface area contributed by atoms with Crippen LogP contribution >= 0.6 is 0 Å². The number of aromatic nitrogens is 2. The van der Waals surface area contributed by atoms with E-state index >= 15 is 0 Å². The standard InChI is InChI=1S/C24H29N3O4/c1-7-30-18-10-8-17(9-11-18)23-25-22(31-26-23)14-27(5)24(28)20-13-19(15(2)3)21(29-6)12-16(20)4/h8-13,15H,7,14H2,1-6H3. The Bertz CT molecular complexity index is 1040. The fourth-order valence-electron chi connectivity index (χ4n) is 3.34. The largest absolute Gasteiger partial charge is 0.496 e. The maximum absolute atomic E-state index is 13.1. The van der Waals surface area contributed by atoms with Crippen LogP contribution in [0.15, 0.2) is 40.9 Å². The second-order valence-corrected chi connectivity index (χ2v) is 7.69. The smallest absolute Gasteiger partial charge is 0.254 e. The van der Waals surface area contributed by atoms with Crippen LogP contribution in [0.3, 0.4) is 0 Å². The third-order valence-electron chi connectivity index (χ3n) is 5.04. The molecule has 0 fully saturated rings. The van der Waals surface area contributed by atoms with Gasteiger partial charge in [-0.2, -0.15) is 4.98 Å². The Balaban J connectivity index is 1.75. The predicted molar refractivity (Wildman–Crippen MR) is 119 cm³/mol. The lowest BCUT2D eigenvalue weighted by atomic mass is 9.96. The van der Waals surface area contributed by atoms with Crippen molar-refractivity contribution in [3.8, 4) is 22.9 Å². The summed E-state index contributed by atoms with van der Waals surface area (Å²) in [5.41, 5.74) is 3.32. The highest BCUT2D eigenvalue weighted by Crippen LogP contribution is 2.30. The number of amides is 1. The molecular formula is C24H29N3O4. The third kappa shape index (κ3) is 5.05. The van der Waals surface area contributed by atoms with Crippen molar-refractivity contribution in [3.05, 3.63) is 59.0 Å². The molecule has 0 aliphatic carbocycles. The zero-order valence-corrected chi connectivity index (χ0v) is 18.9. The van der Waals surface area contributed by atoms with E-state index in [4.69, 9.17) is 14.0 Å². The number of nitrogens with zero attached hydrogens (tertiary/aromatic N) is 3. The summed E-state index contributed by atoms with van der Waals surface area (Å²) in [6, 6.07) is 11.3. The Hall–Kier alpha value is -3.35. The van der Waals surface area contributed by atoms with E-state index in [2.05, 4.69) is 24.0 Å². The van der Waals surface area contributed by atoms with Crippen LogP contribution < -0.4 is 9.47 Å². The van der Waals surface area contributed by atoms with Crippen molar-refractivity contribution >= 4 is 5.91 Å². The molecule has 0 aliphatic heterocycles. The van der Waals surface area contributed by atoms with Crippen molar-refractivity contribution in [3.63, 3.8) is 0 Å². The van der Waals surface area contributed by atoms with Crippen molar-refractivity contribution < 1.29 is 18.8 Å². The summed E-state index contributed by atoms with van der Waals surface area (Å²) >= 11 is 0. The first-order valence-corrected chi connectivity index (χ1v) is 10.3. The van der Waals surface area contributed by atoms with Gasteiger partial charge < -0.3 is 18.9 Å². The van der Waals surface area contributed by atoms with E-state index < -0.39 is 0 Å². The predicted octanol–water partition coefficient (Wildman–Crippen LogP) is 4.85. The molecule has 164 valence electrons. The van der Waals surface area contributed by atoms with Gasteiger partial charge in [-0.1, -0.05) is 19.0 Å². The number of carbonyl (C=O) groups is 1. The highest BCUT2D eigenvalue weighted by Gasteiger charge is 2.20. The van der Waals surface area contributed by atoms with Crippen LogP contribution in [0.1, 0.15) is 54.1 Å². The first-order valence-electron chi connectivity index (χ1n) is 10.3. The van der Waals surface area contributed by atoms with Gasteiger partial charge in [-0.15, -0.1) is 0 Å². The van der Waals surface area contributed by atoms with Gasteiger partial charge in [0.15, 0.2) is 0 Å². The summed E-state index contributed by atoms with van der Waals surface area (Å²) in [6.07, 6.45) is 0. The van der Waals surface area contributed by atoms with Crippen LogP contribution in [-0.4, -0.2) is 41.7 Å². The topological polar surface area (TPSA) is 77.7 Å². The number of methoxy groups -OCH3 is 1. The molecule has 0 atom stereocenters. The minimum absolute atomic E-state index is 0.108. The lowest BCUT2D eigenvalue weighted by molar-refractivity contribution is 0.0768. The summed E-state index contributed by atoms with van der Waals surface area (Å²) in [7, 11) is 3.37. The van der Waals surface area contributed by atoms with Gasteiger partial charge in [0.1, 0.15) is 11.5 Å². The summed E-state index contributed by atoms with van der Waals surface area (Å²) in [5.74, 6) is 2.55. The highest BCUT2D eigenvalue weighted by molar-refractivity contribution is 5.96. The van der Waals surface area contributed by atoms with Gasteiger partial charge in [0, 0.05) is 18.2 Å². The normalized spacial score (nSPS) is 10.9. The number of benzene rings is 2. The van der Waals surface area contributed by atoms with Gasteiger partial charge >= 0.3 is 0 Å². The fourth-order valence-corrected chi connectivity index (χ4v) is 3.34. The first kappa shape index (κ1) is 22.3. The van der Waals surface area contributed by atoms with Crippen LogP contribution in [0.25, 0.3) is 11.4 Å². The fraction of sp³-hybridized carbons (Fsp3) is 0.375. The summed E-state index contributed by atoms with van der Waals surface area (Å²) in [4.78, 5) is 19.1. The van der Waals surface area contributed by atoms with Gasteiger partial charge in [0.05, 0.1) is 20.3 Å². The lowest BCUT2D eigenvalue weighted by Crippen LogP contribution is -2.27. The molecule has 0 unspecified atom stereocenters. The Morgan fingerprint density at radius 1 is 1.19 bits per heavy atom. The van der Waals surface area contributed by atoms with E-state index in [1.807, 2.05) is 50.2 Å². The molecule has 1 aromatic heterocycles. The molecule has 0 saturated heterocycles. The van der Waals surface area contributed by atoms with Crippen LogP contribution in [0, 0.1) is 6.92 Å². The van der Waals surface area contributed by atoms with Crippen molar-refractivity contribution in [1.29, 1.82) is 0 Å². The SMILES string of the molecule is CCOc1ccc(-c2noc(CN(C)C(=O)c3cc(C(C)C)c(OC)cc3C)n2)cc1. The van der Waals surface area contributed by atoms with Gasteiger partial charge in [-0.25, -0.2) is 0 Å². The van der Waals surface area contributed by atoms with Crippen LogP contribution in [0.2, 0.25) is 0 Å². The minimum atomic E-state index is -0.108. The van der Waals surface area contributed by atoms with E-state index in [0.717, 1.165) is 28.2 Å². The van der Waals surface area contributed by atoms with E-state index in [0.29, 0.717) is 23.9 Å². The van der Waals surface area contributed by atoms with Crippen LogP contribution in [0.4, 0.5) is 0 Å². The molecule has 7 heteroatoms. The molecule has 7 nitrogen and oxygen atoms in total. The third-order valence-corrected chi connectivity index (χ3v) is 5.04. The molecule has 2 aromatic carbocycles. The zero-order valence-electron chi connectivity index (χ0n) is 18.9. The molecular weight excluding hydrogens is 394 g/mol. The van der Waals surface area contributed by atoms with Crippen molar-refractivity contribution in [2.45, 2.75) is 40.2 Å². The number of aryl methyl sites for hydroxylation is 1. The Morgan fingerprint density at radius 3 is 2.52 bits per heavy atom. The number of hydrogen-bond acceptors (Lipinski definition) is 6. The molecule has 3 aromatic rings. The van der Waals surface area contributed by atoms with Crippen molar-refractivity contribution in [2.24, 2.45) is 0 Å². The van der Waals surface area contributed by atoms with E-state index in [1.54, 1.807) is 19.1 Å². The molecule has 0 spiro atoms. The second kappa shape index (κ2) is 9.64. The summed E-state index contributed by atoms with van der Waals surface area (Å²) in [5, 5.41) is 4.04. The van der Waals surface area contributed by atoms with Crippen LogP contribution in [0.5, 0.6) is 11.5 Å². The van der Waals surface area contributed by atoms with E-state index in [-0.39, 0.29) is 18.4 Å². The van der Waals surface area contributed by atoms with Crippen molar-refractivity contribution in [1.82, 2.24) is 15.0 Å². The molecule has 0 radical (unpaired) electrons. The van der Waals surface area contributed by atoms with Gasteiger partial charge in [-0.05, 0) is 67.3 Å². The molecule has 0 bridgehead atoms. The lowest BCUT2D eigenvalue weighted by Gasteiger charge is -2.19.